The topological polar surface area (TPSA) is 82.2 Å². The van der Waals surface area contributed by atoms with E-state index in [4.69, 9.17) is 9.26 Å². The van der Waals surface area contributed by atoms with E-state index >= 15 is 0 Å². The first-order chi connectivity index (χ1) is 13.1. The molecule has 2 aromatic heterocycles. The fourth-order valence-electron chi connectivity index (χ4n) is 2.57. The number of ether oxygens (including phenoxy) is 1. The van der Waals surface area contributed by atoms with Gasteiger partial charge in [-0.2, -0.15) is 0 Å². The maximum Gasteiger partial charge on any atom is 0.277 e. The van der Waals surface area contributed by atoms with Crippen LogP contribution in [0.4, 0.5) is 10.1 Å². The maximum absolute atomic E-state index is 12.9. The van der Waals surface area contributed by atoms with Crippen LogP contribution < -0.4 is 10.1 Å². The number of aryl methyl sites for hydroxylation is 1. The quantitative estimate of drug-likeness (QED) is 0.584. The van der Waals surface area contributed by atoms with Gasteiger partial charge in [0.1, 0.15) is 18.2 Å². The minimum atomic E-state index is -0.395. The van der Waals surface area contributed by atoms with Crippen LogP contribution in [0.5, 0.6) is 5.75 Å². The lowest BCUT2D eigenvalue weighted by atomic mass is 10.2. The number of nitrogens with one attached hydrogen (secondary N) is 1. The molecular formula is C19H15FN4O3. The summed E-state index contributed by atoms with van der Waals surface area (Å²) >= 11 is 0. The molecule has 0 aliphatic carbocycles. The highest BCUT2D eigenvalue weighted by Crippen LogP contribution is 2.19. The molecule has 0 fully saturated rings. The summed E-state index contributed by atoms with van der Waals surface area (Å²) in [6, 6.07) is 12.5. The minimum absolute atomic E-state index is 0.0763. The average molecular weight is 366 g/mol. The predicted molar refractivity (Wildman–Crippen MR) is 95.9 cm³/mol. The first kappa shape index (κ1) is 16.8. The van der Waals surface area contributed by atoms with Crippen molar-refractivity contribution in [1.29, 1.82) is 0 Å². The van der Waals surface area contributed by atoms with E-state index < -0.39 is 5.91 Å². The zero-order valence-electron chi connectivity index (χ0n) is 14.3. The molecule has 0 saturated heterocycles. The molecule has 2 heterocycles. The third-order valence-electron chi connectivity index (χ3n) is 3.97. The number of carbonyl (C=O) groups is 1. The van der Waals surface area contributed by atoms with E-state index in [-0.39, 0.29) is 18.1 Å². The summed E-state index contributed by atoms with van der Waals surface area (Å²) in [5.74, 6) is 0.133. The largest absolute Gasteiger partial charge is 0.486 e. The predicted octanol–water partition coefficient (Wildman–Crippen LogP) is 3.53. The molecule has 0 unspecified atom stereocenters. The van der Waals surface area contributed by atoms with Gasteiger partial charge in [0.05, 0.1) is 17.4 Å². The summed E-state index contributed by atoms with van der Waals surface area (Å²) in [4.78, 5) is 16.6. The fourth-order valence-corrected chi connectivity index (χ4v) is 2.57. The number of aromatic nitrogens is 3. The molecule has 0 aliphatic rings. The Morgan fingerprint density at radius 1 is 1.22 bits per heavy atom. The molecule has 7 nitrogen and oxygen atoms in total. The smallest absolute Gasteiger partial charge is 0.277 e. The van der Waals surface area contributed by atoms with Gasteiger partial charge in [-0.3, -0.25) is 4.79 Å². The Bertz CT molecular complexity index is 1100. The molecule has 8 heteroatoms. The molecule has 0 radical (unpaired) electrons. The SMILES string of the molecule is Cn1cnc2ccc(NC(=O)c3cc(COc4ccc(F)cc4)on3)cc21. The van der Waals surface area contributed by atoms with Crippen LogP contribution in [0.25, 0.3) is 11.0 Å². The monoisotopic (exact) mass is 366 g/mol. The van der Waals surface area contributed by atoms with Crippen molar-refractivity contribution in [2.45, 2.75) is 6.61 Å². The van der Waals surface area contributed by atoms with E-state index in [2.05, 4.69) is 15.5 Å². The highest BCUT2D eigenvalue weighted by molar-refractivity contribution is 6.03. The molecule has 0 spiro atoms. The van der Waals surface area contributed by atoms with Crippen molar-refractivity contribution in [1.82, 2.24) is 14.7 Å². The van der Waals surface area contributed by atoms with Gasteiger partial charge >= 0.3 is 0 Å². The number of anilines is 1. The molecule has 0 bridgehead atoms. The number of benzene rings is 2. The molecule has 4 aromatic rings. The van der Waals surface area contributed by atoms with Crippen LogP contribution >= 0.6 is 0 Å². The zero-order chi connectivity index (χ0) is 18.8. The van der Waals surface area contributed by atoms with E-state index in [0.29, 0.717) is 17.2 Å². The van der Waals surface area contributed by atoms with Crippen LogP contribution in [0, 0.1) is 5.82 Å². The number of halogens is 1. The van der Waals surface area contributed by atoms with Crippen LogP contribution in [0.15, 0.2) is 59.4 Å². The van der Waals surface area contributed by atoms with Gasteiger partial charge in [-0.1, -0.05) is 5.16 Å². The number of hydrogen-bond acceptors (Lipinski definition) is 5. The van der Waals surface area contributed by atoms with Crippen LogP contribution in [-0.2, 0) is 13.7 Å². The first-order valence-corrected chi connectivity index (χ1v) is 8.15. The van der Waals surface area contributed by atoms with E-state index in [1.807, 2.05) is 23.7 Å². The molecule has 0 atom stereocenters. The third-order valence-corrected chi connectivity index (χ3v) is 3.97. The lowest BCUT2D eigenvalue weighted by Crippen LogP contribution is -2.12. The molecule has 1 N–H and O–H groups in total. The molecule has 0 aliphatic heterocycles. The van der Waals surface area contributed by atoms with Crippen LogP contribution in [-0.4, -0.2) is 20.6 Å². The fraction of sp³-hybridized carbons (Fsp3) is 0.105. The number of rotatable bonds is 5. The number of hydrogen-bond donors (Lipinski definition) is 1. The van der Waals surface area contributed by atoms with Crippen molar-refractivity contribution in [2.75, 3.05) is 5.32 Å². The molecule has 4 rings (SSSR count). The molecule has 0 saturated carbocycles. The number of nitrogens with zero attached hydrogens (tertiary/aromatic N) is 3. The molecule has 2 aromatic carbocycles. The van der Waals surface area contributed by atoms with Gasteiger partial charge < -0.3 is 19.1 Å². The van der Waals surface area contributed by atoms with Crippen molar-refractivity contribution in [3.05, 3.63) is 72.1 Å². The van der Waals surface area contributed by atoms with E-state index in [1.54, 1.807) is 12.4 Å². The first-order valence-electron chi connectivity index (χ1n) is 8.15. The van der Waals surface area contributed by atoms with Crippen molar-refractivity contribution in [3.63, 3.8) is 0 Å². The van der Waals surface area contributed by atoms with Gasteiger partial charge in [-0.05, 0) is 42.5 Å². The van der Waals surface area contributed by atoms with E-state index in [0.717, 1.165) is 11.0 Å². The maximum atomic E-state index is 12.9. The van der Waals surface area contributed by atoms with Crippen molar-refractivity contribution < 1.29 is 18.4 Å². The van der Waals surface area contributed by atoms with Crippen LogP contribution in [0.3, 0.4) is 0 Å². The second-order valence-electron chi connectivity index (χ2n) is 5.93. The van der Waals surface area contributed by atoms with Crippen LogP contribution in [0.1, 0.15) is 16.2 Å². The average Bonchev–Trinajstić information content (AvgIpc) is 3.29. The lowest BCUT2D eigenvalue weighted by molar-refractivity contribution is 0.101. The standard InChI is InChI=1S/C19H15FN4O3/c1-24-11-21-16-7-4-13(8-18(16)24)22-19(25)17-9-15(27-23-17)10-26-14-5-2-12(20)3-6-14/h2-9,11H,10H2,1H3,(H,22,25). The Morgan fingerprint density at radius 2 is 2.04 bits per heavy atom. The number of imidazole rings is 1. The summed E-state index contributed by atoms with van der Waals surface area (Å²) in [5.41, 5.74) is 2.51. The summed E-state index contributed by atoms with van der Waals surface area (Å²) < 4.78 is 25.3. The molecule has 27 heavy (non-hydrogen) atoms. The molecule has 136 valence electrons. The normalized spacial score (nSPS) is 10.9. The number of amides is 1. The summed E-state index contributed by atoms with van der Waals surface area (Å²) in [7, 11) is 1.88. The lowest BCUT2D eigenvalue weighted by Gasteiger charge is -2.03. The third kappa shape index (κ3) is 3.64. The van der Waals surface area contributed by atoms with E-state index in [9.17, 15) is 9.18 Å². The molecule has 1 amide bonds. The summed E-state index contributed by atoms with van der Waals surface area (Å²) in [5, 5.41) is 6.54. The van der Waals surface area contributed by atoms with Crippen LogP contribution in [0.2, 0.25) is 0 Å². The zero-order valence-corrected chi connectivity index (χ0v) is 14.3. The van der Waals surface area contributed by atoms with Gasteiger partial charge in [0.15, 0.2) is 11.5 Å². The highest BCUT2D eigenvalue weighted by atomic mass is 19.1. The Morgan fingerprint density at radius 3 is 2.85 bits per heavy atom. The second-order valence-corrected chi connectivity index (χ2v) is 5.93. The second kappa shape index (κ2) is 6.91. The highest BCUT2D eigenvalue weighted by Gasteiger charge is 2.14. The van der Waals surface area contributed by atoms with Gasteiger partial charge in [-0.25, -0.2) is 9.37 Å². The van der Waals surface area contributed by atoms with Crippen molar-refractivity contribution in [3.8, 4) is 5.75 Å². The summed E-state index contributed by atoms with van der Waals surface area (Å²) in [6.45, 7) is 0.0763. The molecular weight excluding hydrogens is 351 g/mol. The van der Waals surface area contributed by atoms with Crippen molar-refractivity contribution in [2.24, 2.45) is 7.05 Å². The van der Waals surface area contributed by atoms with E-state index in [1.165, 1.54) is 30.3 Å². The Labute approximate surface area is 153 Å². The Balaban J connectivity index is 1.41. The van der Waals surface area contributed by atoms with Crippen molar-refractivity contribution >= 4 is 22.6 Å². The Kier molecular flexibility index (Phi) is 4.29. The number of carbonyl (C=O) groups excluding carboxylic acids is 1. The Hall–Kier alpha value is -3.68. The van der Waals surface area contributed by atoms with Gasteiger partial charge in [0.25, 0.3) is 5.91 Å². The number of fused-ring (bicyclic) bond motifs is 1. The minimum Gasteiger partial charge on any atom is -0.486 e. The van der Waals surface area contributed by atoms with Gasteiger partial charge in [-0.15, -0.1) is 0 Å². The van der Waals surface area contributed by atoms with Gasteiger partial charge in [0, 0.05) is 18.8 Å². The summed E-state index contributed by atoms with van der Waals surface area (Å²) in [6.07, 6.45) is 1.71. The van der Waals surface area contributed by atoms with Gasteiger partial charge in [0.2, 0.25) is 0 Å².